The Morgan fingerprint density at radius 3 is 1.94 bits per heavy atom. The lowest BCUT2D eigenvalue weighted by Gasteiger charge is -2.01. The molecule has 0 rings (SSSR count). The lowest BCUT2D eigenvalue weighted by molar-refractivity contribution is -0.140. The van der Waals surface area contributed by atoms with Gasteiger partial charge >= 0.3 is 5.97 Å². The van der Waals surface area contributed by atoms with Crippen LogP contribution in [-0.2, 0) is 14.3 Å². The molecule has 16 heavy (non-hydrogen) atoms. The monoisotopic (exact) mass is 227 g/mol. The number of methoxy groups -OCH3 is 1. The molecule has 0 fully saturated rings. The molecule has 0 aliphatic rings. The van der Waals surface area contributed by atoms with Gasteiger partial charge in [0, 0.05) is 12.8 Å². The Morgan fingerprint density at radius 1 is 0.938 bits per heavy atom. The Morgan fingerprint density at radius 2 is 1.44 bits per heavy atom. The molecule has 93 valence electrons. The van der Waals surface area contributed by atoms with Gasteiger partial charge in [0.15, 0.2) is 6.29 Å². The summed E-state index contributed by atoms with van der Waals surface area (Å²) in [5.41, 5.74) is 0. The van der Waals surface area contributed by atoms with Gasteiger partial charge in [-0.25, -0.2) is 0 Å². The van der Waals surface area contributed by atoms with Crippen LogP contribution < -0.4 is 0 Å². The maximum Gasteiger partial charge on any atom is 0.305 e. The first kappa shape index (κ1) is 15.1. The largest absolute Gasteiger partial charge is 0.469 e. The molecule has 1 radical (unpaired) electrons. The van der Waals surface area contributed by atoms with Crippen molar-refractivity contribution in [1.82, 2.24) is 0 Å². The second kappa shape index (κ2) is 12.2. The zero-order chi connectivity index (χ0) is 12.1. The van der Waals surface area contributed by atoms with Crippen LogP contribution in [0.15, 0.2) is 0 Å². The molecule has 0 saturated carbocycles. The van der Waals surface area contributed by atoms with E-state index in [1.165, 1.54) is 32.8 Å². The zero-order valence-electron chi connectivity index (χ0n) is 10.3. The predicted molar refractivity (Wildman–Crippen MR) is 63.9 cm³/mol. The molecule has 0 N–H and O–H groups in total. The number of esters is 1. The molecule has 0 heterocycles. The molecule has 0 spiro atoms. The van der Waals surface area contributed by atoms with Gasteiger partial charge in [-0.3, -0.25) is 9.59 Å². The van der Waals surface area contributed by atoms with E-state index in [0.717, 1.165) is 25.7 Å². The lowest BCUT2D eigenvalue weighted by Crippen LogP contribution is -1.99. The molecule has 0 atom stereocenters. The smallest absolute Gasteiger partial charge is 0.305 e. The summed E-state index contributed by atoms with van der Waals surface area (Å²) < 4.78 is 4.56. The Hall–Kier alpha value is -0.860. The van der Waals surface area contributed by atoms with Crippen molar-refractivity contribution >= 4 is 12.3 Å². The summed E-state index contributed by atoms with van der Waals surface area (Å²) in [7, 11) is 1.43. The number of hydrogen-bond acceptors (Lipinski definition) is 3. The van der Waals surface area contributed by atoms with Gasteiger partial charge in [-0.1, -0.05) is 38.5 Å². The molecule has 0 aromatic carbocycles. The van der Waals surface area contributed by atoms with Crippen LogP contribution in [-0.4, -0.2) is 19.4 Å². The van der Waals surface area contributed by atoms with Gasteiger partial charge in [0.25, 0.3) is 0 Å². The van der Waals surface area contributed by atoms with Crippen molar-refractivity contribution in [3.8, 4) is 0 Å². The zero-order valence-corrected chi connectivity index (χ0v) is 10.3. The van der Waals surface area contributed by atoms with Crippen LogP contribution in [0.4, 0.5) is 0 Å². The minimum atomic E-state index is -0.106. The molecule has 0 aliphatic heterocycles. The summed E-state index contributed by atoms with van der Waals surface area (Å²) in [5, 5.41) is 0. The number of rotatable bonds is 11. The summed E-state index contributed by atoms with van der Waals surface area (Å²) in [6.07, 6.45) is 12.1. The second-order valence-corrected chi connectivity index (χ2v) is 4.05. The average molecular weight is 227 g/mol. The number of carbonyl (C=O) groups excluding carboxylic acids is 2. The average Bonchev–Trinajstić information content (AvgIpc) is 2.31. The van der Waals surface area contributed by atoms with Crippen LogP contribution >= 0.6 is 0 Å². The van der Waals surface area contributed by atoms with Gasteiger partial charge in [-0.2, -0.15) is 0 Å². The van der Waals surface area contributed by atoms with Crippen LogP contribution in [0.1, 0.15) is 64.2 Å². The minimum Gasteiger partial charge on any atom is -0.469 e. The Labute approximate surface area is 98.6 Å². The third kappa shape index (κ3) is 11.2. The van der Waals surface area contributed by atoms with Gasteiger partial charge in [-0.05, 0) is 12.8 Å². The van der Waals surface area contributed by atoms with E-state index in [1.54, 1.807) is 0 Å². The fourth-order valence-electron chi connectivity index (χ4n) is 1.63. The van der Waals surface area contributed by atoms with Crippen molar-refractivity contribution in [2.24, 2.45) is 0 Å². The van der Waals surface area contributed by atoms with E-state index in [-0.39, 0.29) is 5.97 Å². The third-order valence-corrected chi connectivity index (χ3v) is 2.64. The molecular formula is C13H23O3. The Kier molecular flexibility index (Phi) is 11.6. The fourth-order valence-corrected chi connectivity index (χ4v) is 1.63. The predicted octanol–water partition coefficient (Wildman–Crippen LogP) is 3.17. The summed E-state index contributed by atoms with van der Waals surface area (Å²) in [6.45, 7) is 0. The van der Waals surface area contributed by atoms with Crippen molar-refractivity contribution in [3.05, 3.63) is 0 Å². The number of hydrogen-bond donors (Lipinski definition) is 0. The highest BCUT2D eigenvalue weighted by atomic mass is 16.5. The first-order valence-electron chi connectivity index (χ1n) is 6.23. The molecule has 0 bridgehead atoms. The second-order valence-electron chi connectivity index (χ2n) is 4.05. The van der Waals surface area contributed by atoms with E-state index in [9.17, 15) is 9.59 Å². The van der Waals surface area contributed by atoms with E-state index in [0.29, 0.717) is 12.8 Å². The van der Waals surface area contributed by atoms with Crippen molar-refractivity contribution in [2.75, 3.05) is 7.11 Å². The Balaban J connectivity index is 2.98. The molecule has 0 aliphatic carbocycles. The normalized spacial score (nSPS) is 10.1. The first-order valence-corrected chi connectivity index (χ1v) is 6.23. The highest BCUT2D eigenvalue weighted by Gasteiger charge is 1.98. The van der Waals surface area contributed by atoms with Crippen molar-refractivity contribution in [1.29, 1.82) is 0 Å². The quantitative estimate of drug-likeness (QED) is 0.402. The minimum absolute atomic E-state index is 0.106. The summed E-state index contributed by atoms with van der Waals surface area (Å²) in [4.78, 5) is 20.7. The van der Waals surface area contributed by atoms with Gasteiger partial charge in [-0.15, -0.1) is 0 Å². The first-order chi connectivity index (χ1) is 7.81. The molecule has 3 heteroatoms. The van der Waals surface area contributed by atoms with Crippen molar-refractivity contribution < 1.29 is 14.3 Å². The number of ether oxygens (including phenoxy) is 1. The topological polar surface area (TPSA) is 43.4 Å². The van der Waals surface area contributed by atoms with Crippen LogP contribution in [0.5, 0.6) is 0 Å². The van der Waals surface area contributed by atoms with Crippen molar-refractivity contribution in [3.63, 3.8) is 0 Å². The highest BCUT2D eigenvalue weighted by Crippen LogP contribution is 2.10. The van der Waals surface area contributed by atoms with Crippen LogP contribution in [0.3, 0.4) is 0 Å². The van der Waals surface area contributed by atoms with Gasteiger partial charge in [0.2, 0.25) is 0 Å². The molecular weight excluding hydrogens is 204 g/mol. The molecule has 0 unspecified atom stereocenters. The highest BCUT2D eigenvalue weighted by molar-refractivity contribution is 5.68. The van der Waals surface area contributed by atoms with E-state index in [2.05, 4.69) is 4.74 Å². The maximum atomic E-state index is 10.8. The SMILES string of the molecule is COC(=O)CCCCCCCCCC[C]=O. The molecule has 3 nitrogen and oxygen atoms in total. The number of carbonyl (C=O) groups is 1. The summed E-state index contributed by atoms with van der Waals surface area (Å²) >= 11 is 0. The van der Waals surface area contributed by atoms with E-state index in [1.807, 2.05) is 6.29 Å². The maximum absolute atomic E-state index is 10.8. The Bertz CT molecular complexity index is 178. The van der Waals surface area contributed by atoms with Crippen LogP contribution in [0.25, 0.3) is 0 Å². The van der Waals surface area contributed by atoms with E-state index >= 15 is 0 Å². The van der Waals surface area contributed by atoms with Gasteiger partial charge < -0.3 is 4.74 Å². The third-order valence-electron chi connectivity index (χ3n) is 2.64. The molecule has 0 aromatic rings. The van der Waals surface area contributed by atoms with Gasteiger partial charge in [0.05, 0.1) is 7.11 Å². The van der Waals surface area contributed by atoms with E-state index in [4.69, 9.17) is 0 Å². The van der Waals surface area contributed by atoms with Crippen LogP contribution in [0.2, 0.25) is 0 Å². The van der Waals surface area contributed by atoms with E-state index < -0.39 is 0 Å². The van der Waals surface area contributed by atoms with Crippen molar-refractivity contribution in [2.45, 2.75) is 64.2 Å². The number of unbranched alkanes of at least 4 members (excludes halogenated alkanes) is 8. The lowest BCUT2D eigenvalue weighted by atomic mass is 10.1. The standard InChI is InChI=1S/C13H23O3/c1-16-13(15)11-9-7-5-3-2-4-6-8-10-12-14/h2-11H2,1H3. The molecule has 0 amide bonds. The summed E-state index contributed by atoms with van der Waals surface area (Å²) in [5.74, 6) is -0.106. The molecule has 0 aromatic heterocycles. The van der Waals surface area contributed by atoms with Gasteiger partial charge in [0.1, 0.15) is 0 Å². The fraction of sp³-hybridized carbons (Fsp3) is 0.846. The summed E-state index contributed by atoms with van der Waals surface area (Å²) in [6, 6.07) is 0. The molecule has 0 saturated heterocycles. The van der Waals surface area contributed by atoms with Crippen LogP contribution in [0, 0.1) is 0 Å².